The number of rotatable bonds is 3. The van der Waals surface area contributed by atoms with Crippen LogP contribution in [0.4, 0.5) is 4.79 Å². The highest BCUT2D eigenvalue weighted by molar-refractivity contribution is 8.00. The molecule has 0 bridgehead atoms. The van der Waals surface area contributed by atoms with Crippen molar-refractivity contribution in [2.24, 2.45) is 0 Å². The maximum absolute atomic E-state index is 12.2. The largest absolute Gasteiger partial charge is 0.480 e. The van der Waals surface area contributed by atoms with E-state index < -0.39 is 12.0 Å². The fraction of sp³-hybridized carbons (Fsp3) is 0.545. The van der Waals surface area contributed by atoms with Crippen LogP contribution in [0.2, 0.25) is 0 Å². The van der Waals surface area contributed by atoms with Gasteiger partial charge in [0.25, 0.3) is 0 Å². The fourth-order valence-electron chi connectivity index (χ4n) is 1.98. The van der Waals surface area contributed by atoms with Gasteiger partial charge in [-0.15, -0.1) is 11.8 Å². The number of hydrogen-bond donors (Lipinski definition) is 3. The molecule has 0 aromatic carbocycles. The van der Waals surface area contributed by atoms with Gasteiger partial charge < -0.3 is 10.4 Å². The topological polar surface area (TPSA) is 98.3 Å². The number of H-pyrrole nitrogens is 1. The van der Waals surface area contributed by atoms with Gasteiger partial charge >= 0.3 is 12.0 Å². The third kappa shape index (κ3) is 2.83. The first kappa shape index (κ1) is 13.7. The van der Waals surface area contributed by atoms with E-state index in [1.807, 2.05) is 13.8 Å². The minimum atomic E-state index is -0.969. The van der Waals surface area contributed by atoms with E-state index in [0.717, 1.165) is 5.56 Å². The Bertz CT molecular complexity index is 465. The Labute approximate surface area is 114 Å². The zero-order chi connectivity index (χ0) is 14.0. The molecular weight excluding hydrogens is 268 g/mol. The lowest BCUT2D eigenvalue weighted by Gasteiger charge is -2.26. The summed E-state index contributed by atoms with van der Waals surface area (Å²) in [5.41, 5.74) is 0.847. The maximum atomic E-state index is 12.2. The summed E-state index contributed by atoms with van der Waals surface area (Å²) < 4.78 is 0. The summed E-state index contributed by atoms with van der Waals surface area (Å²) in [5, 5.41) is 18.3. The Balaban J connectivity index is 2.04. The molecule has 3 unspecified atom stereocenters. The molecule has 3 N–H and O–H groups in total. The highest BCUT2D eigenvalue weighted by Crippen LogP contribution is 2.29. The average Bonchev–Trinajstić information content (AvgIpc) is 2.96. The summed E-state index contributed by atoms with van der Waals surface area (Å²) in [6.07, 6.45) is 3.32. The monoisotopic (exact) mass is 284 g/mol. The molecule has 1 aromatic rings. The van der Waals surface area contributed by atoms with Crippen LogP contribution in [0, 0.1) is 0 Å². The van der Waals surface area contributed by atoms with Crippen molar-refractivity contribution in [3.8, 4) is 0 Å². The van der Waals surface area contributed by atoms with Crippen molar-refractivity contribution in [2.75, 3.05) is 5.75 Å². The lowest BCUT2D eigenvalue weighted by molar-refractivity contribution is -0.141. The standard InChI is InChI=1S/C11H16N4O3S/c1-6(8-3-12-13-4-8)14-11(18)15-7(2)19-5-9(15)10(16)17/h3-4,6-7,9H,5H2,1-2H3,(H,12,13)(H,14,18)(H,16,17). The predicted molar refractivity (Wildman–Crippen MR) is 70.7 cm³/mol. The minimum absolute atomic E-state index is 0.141. The molecule has 104 valence electrons. The first-order valence-electron chi connectivity index (χ1n) is 5.92. The molecular formula is C11H16N4O3S. The number of carbonyl (C=O) groups excluding carboxylic acids is 1. The lowest BCUT2D eigenvalue weighted by Crippen LogP contribution is -2.49. The van der Waals surface area contributed by atoms with Crippen LogP contribution in [-0.4, -0.2) is 49.4 Å². The van der Waals surface area contributed by atoms with E-state index in [4.69, 9.17) is 5.11 Å². The summed E-state index contributed by atoms with van der Waals surface area (Å²) in [7, 11) is 0. The maximum Gasteiger partial charge on any atom is 0.327 e. The molecule has 1 aliphatic rings. The number of nitrogens with zero attached hydrogens (tertiary/aromatic N) is 2. The van der Waals surface area contributed by atoms with Crippen LogP contribution in [0.1, 0.15) is 25.5 Å². The molecule has 0 saturated carbocycles. The number of urea groups is 1. The molecule has 2 amide bonds. The highest BCUT2D eigenvalue weighted by Gasteiger charge is 2.39. The van der Waals surface area contributed by atoms with Crippen LogP contribution >= 0.6 is 11.8 Å². The molecule has 1 aromatic heterocycles. The van der Waals surface area contributed by atoms with Gasteiger partial charge in [-0.1, -0.05) is 0 Å². The van der Waals surface area contributed by atoms with Crippen LogP contribution < -0.4 is 5.32 Å². The number of carboxylic acids is 1. The van der Waals surface area contributed by atoms with Crippen molar-refractivity contribution in [3.05, 3.63) is 18.0 Å². The third-order valence-corrected chi connectivity index (χ3v) is 4.32. The number of aromatic nitrogens is 2. The predicted octanol–water partition coefficient (Wildman–Crippen LogP) is 1.03. The van der Waals surface area contributed by atoms with Crippen LogP contribution in [0.25, 0.3) is 0 Å². The molecule has 1 saturated heterocycles. The fourth-order valence-corrected chi connectivity index (χ4v) is 3.15. The van der Waals surface area contributed by atoms with Gasteiger partial charge in [-0.05, 0) is 13.8 Å². The molecule has 2 heterocycles. The van der Waals surface area contributed by atoms with Gasteiger partial charge in [0, 0.05) is 17.5 Å². The zero-order valence-corrected chi connectivity index (χ0v) is 11.5. The number of thioether (sulfide) groups is 1. The number of carbonyl (C=O) groups is 2. The number of nitrogens with one attached hydrogen (secondary N) is 2. The van der Waals surface area contributed by atoms with Gasteiger partial charge in [-0.2, -0.15) is 5.10 Å². The van der Waals surface area contributed by atoms with Crippen molar-refractivity contribution in [2.45, 2.75) is 31.3 Å². The van der Waals surface area contributed by atoms with Gasteiger partial charge in [-0.3, -0.25) is 10.00 Å². The normalized spacial score (nSPS) is 24.2. The quantitative estimate of drug-likeness (QED) is 0.770. The number of hydrogen-bond acceptors (Lipinski definition) is 4. The van der Waals surface area contributed by atoms with Crippen molar-refractivity contribution in [1.29, 1.82) is 0 Å². The number of aromatic amines is 1. The summed E-state index contributed by atoms with van der Waals surface area (Å²) in [6, 6.07) is -1.35. The number of aliphatic carboxylic acids is 1. The van der Waals surface area contributed by atoms with E-state index in [1.165, 1.54) is 16.7 Å². The average molecular weight is 284 g/mol. The zero-order valence-electron chi connectivity index (χ0n) is 10.7. The van der Waals surface area contributed by atoms with E-state index in [9.17, 15) is 9.59 Å². The molecule has 0 radical (unpaired) electrons. The Morgan fingerprint density at radius 3 is 3.00 bits per heavy atom. The summed E-state index contributed by atoms with van der Waals surface area (Å²) in [6.45, 7) is 3.65. The Morgan fingerprint density at radius 1 is 1.68 bits per heavy atom. The molecule has 3 atom stereocenters. The van der Waals surface area contributed by atoms with E-state index in [2.05, 4.69) is 15.5 Å². The van der Waals surface area contributed by atoms with Crippen LogP contribution in [0.15, 0.2) is 12.4 Å². The van der Waals surface area contributed by atoms with Crippen LogP contribution in [0.3, 0.4) is 0 Å². The summed E-state index contributed by atoms with van der Waals surface area (Å²) in [4.78, 5) is 24.7. The Morgan fingerprint density at radius 2 is 2.42 bits per heavy atom. The van der Waals surface area contributed by atoms with E-state index in [1.54, 1.807) is 12.4 Å². The molecule has 2 rings (SSSR count). The lowest BCUT2D eigenvalue weighted by atomic mass is 10.2. The molecule has 1 fully saturated rings. The minimum Gasteiger partial charge on any atom is -0.480 e. The Kier molecular flexibility index (Phi) is 3.98. The summed E-state index contributed by atoms with van der Waals surface area (Å²) in [5.74, 6) is -0.549. The van der Waals surface area contributed by atoms with Crippen molar-refractivity contribution >= 4 is 23.8 Å². The molecule has 19 heavy (non-hydrogen) atoms. The smallest absolute Gasteiger partial charge is 0.327 e. The van der Waals surface area contributed by atoms with Crippen molar-refractivity contribution in [3.63, 3.8) is 0 Å². The van der Waals surface area contributed by atoms with Crippen molar-refractivity contribution in [1.82, 2.24) is 20.4 Å². The van der Waals surface area contributed by atoms with Gasteiger partial charge in [0.2, 0.25) is 0 Å². The van der Waals surface area contributed by atoms with Gasteiger partial charge in [0.15, 0.2) is 0 Å². The van der Waals surface area contributed by atoms with E-state index in [0.29, 0.717) is 5.75 Å². The van der Waals surface area contributed by atoms with E-state index in [-0.39, 0.29) is 17.4 Å². The highest BCUT2D eigenvalue weighted by atomic mass is 32.2. The SMILES string of the molecule is CC(NC(=O)N1C(C)SCC1C(=O)O)c1cn[nH]c1. The van der Waals surface area contributed by atoms with Crippen LogP contribution in [0.5, 0.6) is 0 Å². The van der Waals surface area contributed by atoms with Crippen molar-refractivity contribution < 1.29 is 14.7 Å². The number of carboxylic acid groups (broad SMARTS) is 1. The second-order valence-corrected chi connectivity index (χ2v) is 5.75. The molecule has 0 spiro atoms. The molecule has 1 aliphatic heterocycles. The van der Waals surface area contributed by atoms with Gasteiger partial charge in [0.1, 0.15) is 6.04 Å². The number of amides is 2. The second kappa shape index (κ2) is 5.52. The third-order valence-electron chi connectivity index (χ3n) is 3.10. The Hall–Kier alpha value is -1.70. The first-order chi connectivity index (χ1) is 9.00. The molecule has 8 heteroatoms. The second-order valence-electron chi connectivity index (χ2n) is 4.40. The van der Waals surface area contributed by atoms with E-state index >= 15 is 0 Å². The summed E-state index contributed by atoms with van der Waals surface area (Å²) >= 11 is 1.46. The molecule has 7 nitrogen and oxygen atoms in total. The van der Waals surface area contributed by atoms with Gasteiger partial charge in [0.05, 0.1) is 17.6 Å². The molecule has 0 aliphatic carbocycles. The van der Waals surface area contributed by atoms with Gasteiger partial charge in [-0.25, -0.2) is 9.59 Å². The van der Waals surface area contributed by atoms with Crippen LogP contribution in [-0.2, 0) is 4.79 Å². The first-order valence-corrected chi connectivity index (χ1v) is 6.97.